The van der Waals surface area contributed by atoms with Crippen molar-refractivity contribution >= 4 is 9.84 Å². The Bertz CT molecular complexity index is 503. The Kier molecular flexibility index (Phi) is 4.66. The van der Waals surface area contributed by atoms with Crippen LogP contribution in [0.15, 0.2) is 58.9 Å². The molecule has 0 saturated heterocycles. The maximum absolute atomic E-state index is 11.9. The SMILES string of the molecule is C=C(C)C[C@H](N)C=CS(=O)(=O)c1ccccc1. The molecule has 0 heterocycles. The largest absolute Gasteiger partial charge is 0.324 e. The van der Waals surface area contributed by atoms with Crippen LogP contribution in [0.4, 0.5) is 0 Å². The summed E-state index contributed by atoms with van der Waals surface area (Å²) in [4.78, 5) is 0.277. The molecule has 2 N–H and O–H groups in total. The fourth-order valence-electron chi connectivity index (χ4n) is 1.36. The van der Waals surface area contributed by atoms with Gasteiger partial charge in [-0.25, -0.2) is 8.42 Å². The van der Waals surface area contributed by atoms with E-state index < -0.39 is 9.84 Å². The molecule has 0 aliphatic carbocycles. The van der Waals surface area contributed by atoms with E-state index in [4.69, 9.17) is 5.73 Å². The molecule has 92 valence electrons. The van der Waals surface area contributed by atoms with E-state index in [-0.39, 0.29) is 10.9 Å². The van der Waals surface area contributed by atoms with E-state index in [1.165, 1.54) is 6.08 Å². The van der Waals surface area contributed by atoms with Crippen LogP contribution in [0.2, 0.25) is 0 Å². The van der Waals surface area contributed by atoms with Gasteiger partial charge in [-0.3, -0.25) is 0 Å². The smallest absolute Gasteiger partial charge is 0.199 e. The highest BCUT2D eigenvalue weighted by Gasteiger charge is 2.09. The summed E-state index contributed by atoms with van der Waals surface area (Å²) in [5, 5.41) is 1.16. The standard InChI is InChI=1S/C13H17NO2S/c1-11(2)10-12(14)8-9-17(15,16)13-6-4-3-5-7-13/h3-9,12H,1,10,14H2,2H3/t12-/m1/s1. The molecule has 0 bridgehead atoms. The van der Waals surface area contributed by atoms with E-state index >= 15 is 0 Å². The van der Waals surface area contributed by atoms with Crippen LogP contribution in [-0.4, -0.2) is 14.5 Å². The Balaban J connectivity index is 2.81. The second-order valence-electron chi connectivity index (χ2n) is 4.01. The fourth-order valence-corrected chi connectivity index (χ4v) is 2.47. The normalized spacial score (nSPS) is 13.8. The van der Waals surface area contributed by atoms with E-state index in [1.54, 1.807) is 30.3 Å². The van der Waals surface area contributed by atoms with Crippen molar-refractivity contribution in [3.05, 3.63) is 54.0 Å². The van der Waals surface area contributed by atoms with E-state index in [0.29, 0.717) is 6.42 Å². The van der Waals surface area contributed by atoms with Gasteiger partial charge < -0.3 is 5.73 Å². The fraction of sp³-hybridized carbons (Fsp3) is 0.231. The minimum atomic E-state index is -3.38. The molecule has 0 aliphatic heterocycles. The average Bonchev–Trinajstić information content (AvgIpc) is 2.27. The predicted octanol–water partition coefficient (Wildman–Crippen LogP) is 2.27. The zero-order chi connectivity index (χ0) is 12.9. The van der Waals surface area contributed by atoms with Gasteiger partial charge in [0.2, 0.25) is 0 Å². The molecule has 0 unspecified atom stereocenters. The van der Waals surface area contributed by atoms with E-state index in [0.717, 1.165) is 11.0 Å². The molecule has 0 aliphatic rings. The molecule has 0 spiro atoms. The molecule has 0 amide bonds. The molecule has 0 aromatic heterocycles. The second kappa shape index (κ2) is 5.80. The summed E-state index contributed by atoms with van der Waals surface area (Å²) in [6.07, 6.45) is 2.08. The van der Waals surface area contributed by atoms with Crippen LogP contribution in [0.25, 0.3) is 0 Å². The number of hydrogen-bond donors (Lipinski definition) is 1. The van der Waals surface area contributed by atoms with Gasteiger partial charge in [0, 0.05) is 11.4 Å². The average molecular weight is 251 g/mol. The van der Waals surface area contributed by atoms with Gasteiger partial charge in [0.25, 0.3) is 0 Å². The highest BCUT2D eigenvalue weighted by molar-refractivity contribution is 7.94. The molecule has 1 aromatic carbocycles. The Morgan fingerprint density at radius 2 is 2.00 bits per heavy atom. The number of hydrogen-bond acceptors (Lipinski definition) is 3. The third-order valence-electron chi connectivity index (χ3n) is 2.16. The van der Waals surface area contributed by atoms with Gasteiger partial charge in [-0.05, 0) is 25.5 Å². The molecule has 0 fully saturated rings. The summed E-state index contributed by atoms with van der Waals surface area (Å²) in [5.74, 6) is 0. The molecule has 0 radical (unpaired) electrons. The summed E-state index contributed by atoms with van der Waals surface area (Å²) in [6.45, 7) is 5.59. The number of sulfone groups is 1. The topological polar surface area (TPSA) is 60.2 Å². The number of rotatable bonds is 5. The molecule has 3 nitrogen and oxygen atoms in total. The molecule has 4 heteroatoms. The van der Waals surface area contributed by atoms with Crippen LogP contribution in [0.3, 0.4) is 0 Å². The lowest BCUT2D eigenvalue weighted by atomic mass is 10.1. The lowest BCUT2D eigenvalue weighted by Crippen LogP contribution is -2.17. The van der Waals surface area contributed by atoms with Crippen molar-refractivity contribution < 1.29 is 8.42 Å². The van der Waals surface area contributed by atoms with Crippen molar-refractivity contribution in [1.29, 1.82) is 0 Å². The molecule has 1 rings (SSSR count). The monoisotopic (exact) mass is 251 g/mol. The number of nitrogens with two attached hydrogens (primary N) is 1. The van der Waals surface area contributed by atoms with Crippen molar-refractivity contribution in [2.75, 3.05) is 0 Å². The summed E-state index contributed by atoms with van der Waals surface area (Å²) in [6, 6.07) is 7.96. The first-order valence-electron chi connectivity index (χ1n) is 5.30. The zero-order valence-electron chi connectivity index (χ0n) is 9.84. The van der Waals surface area contributed by atoms with Crippen LogP contribution < -0.4 is 5.73 Å². The summed E-state index contributed by atoms with van der Waals surface area (Å²) in [5.41, 5.74) is 6.68. The van der Waals surface area contributed by atoms with Crippen molar-refractivity contribution in [1.82, 2.24) is 0 Å². The van der Waals surface area contributed by atoms with Crippen LogP contribution in [0.1, 0.15) is 13.3 Å². The maximum atomic E-state index is 11.9. The highest BCUT2D eigenvalue weighted by Crippen LogP contribution is 2.12. The first-order chi connectivity index (χ1) is 7.92. The number of benzene rings is 1. The van der Waals surface area contributed by atoms with Gasteiger partial charge in [0.05, 0.1) is 4.90 Å². The first kappa shape index (κ1) is 13.7. The summed E-state index contributed by atoms with van der Waals surface area (Å²) >= 11 is 0. The van der Waals surface area contributed by atoms with Crippen LogP contribution >= 0.6 is 0 Å². The molecular weight excluding hydrogens is 234 g/mol. The van der Waals surface area contributed by atoms with Crippen molar-refractivity contribution in [3.8, 4) is 0 Å². The molecule has 1 aromatic rings. The van der Waals surface area contributed by atoms with Crippen LogP contribution in [-0.2, 0) is 9.84 Å². The van der Waals surface area contributed by atoms with Gasteiger partial charge in [0.15, 0.2) is 9.84 Å². The highest BCUT2D eigenvalue weighted by atomic mass is 32.2. The van der Waals surface area contributed by atoms with Crippen molar-refractivity contribution in [3.63, 3.8) is 0 Å². The summed E-state index contributed by atoms with van der Waals surface area (Å²) < 4.78 is 23.7. The van der Waals surface area contributed by atoms with Crippen LogP contribution in [0, 0.1) is 0 Å². The predicted molar refractivity (Wildman–Crippen MR) is 70.2 cm³/mol. The zero-order valence-corrected chi connectivity index (χ0v) is 10.7. The van der Waals surface area contributed by atoms with Gasteiger partial charge in [0.1, 0.15) is 0 Å². The van der Waals surface area contributed by atoms with Crippen molar-refractivity contribution in [2.45, 2.75) is 24.3 Å². The van der Waals surface area contributed by atoms with Crippen LogP contribution in [0.5, 0.6) is 0 Å². The Hall–Kier alpha value is -1.39. The van der Waals surface area contributed by atoms with Gasteiger partial charge in [-0.15, -0.1) is 6.58 Å². The second-order valence-corrected chi connectivity index (χ2v) is 5.85. The maximum Gasteiger partial charge on any atom is 0.199 e. The third kappa shape index (κ3) is 4.54. The molecule has 1 atom stereocenters. The van der Waals surface area contributed by atoms with E-state index in [2.05, 4.69) is 6.58 Å². The minimum absolute atomic E-state index is 0.277. The Labute approximate surface area is 103 Å². The van der Waals surface area contributed by atoms with Gasteiger partial charge in [-0.1, -0.05) is 29.8 Å². The molecule has 17 heavy (non-hydrogen) atoms. The quantitative estimate of drug-likeness (QED) is 0.817. The lowest BCUT2D eigenvalue weighted by Gasteiger charge is -2.05. The van der Waals surface area contributed by atoms with E-state index in [9.17, 15) is 8.42 Å². The Morgan fingerprint density at radius 1 is 1.41 bits per heavy atom. The first-order valence-corrected chi connectivity index (χ1v) is 6.85. The molecule has 0 saturated carbocycles. The van der Waals surface area contributed by atoms with E-state index in [1.807, 2.05) is 6.92 Å². The van der Waals surface area contributed by atoms with Gasteiger partial charge in [-0.2, -0.15) is 0 Å². The third-order valence-corrected chi connectivity index (χ3v) is 3.61. The van der Waals surface area contributed by atoms with Gasteiger partial charge >= 0.3 is 0 Å². The summed E-state index contributed by atoms with van der Waals surface area (Å²) in [7, 11) is -3.38. The molecular formula is C13H17NO2S. The minimum Gasteiger partial charge on any atom is -0.324 e. The van der Waals surface area contributed by atoms with Crippen molar-refractivity contribution in [2.24, 2.45) is 5.73 Å². The lowest BCUT2D eigenvalue weighted by molar-refractivity contribution is 0.604. The Morgan fingerprint density at radius 3 is 2.53 bits per heavy atom.